The van der Waals surface area contributed by atoms with E-state index in [-0.39, 0.29) is 23.5 Å². The van der Waals surface area contributed by atoms with E-state index in [2.05, 4.69) is 17.4 Å². The maximum atomic E-state index is 11.8. The summed E-state index contributed by atoms with van der Waals surface area (Å²) in [6.45, 7) is 1.92. The molecular weight excluding hydrogens is 286 g/mol. The van der Waals surface area contributed by atoms with Gasteiger partial charge in [0.05, 0.1) is 11.5 Å². The molecule has 1 aliphatic heterocycles. The lowest BCUT2D eigenvalue weighted by Crippen LogP contribution is -2.34. The molecule has 1 aliphatic rings. The number of benzene rings is 1. The Morgan fingerprint density at radius 2 is 2.05 bits per heavy atom. The summed E-state index contributed by atoms with van der Waals surface area (Å²) in [5, 5.41) is 2.77. The first-order valence-corrected chi connectivity index (χ1v) is 8.99. The van der Waals surface area contributed by atoms with Crippen LogP contribution in [-0.4, -0.2) is 31.9 Å². The molecular formula is C16H21NO3S. The molecule has 1 saturated heterocycles. The summed E-state index contributed by atoms with van der Waals surface area (Å²) < 4.78 is 22.7. The second-order valence-corrected chi connectivity index (χ2v) is 7.81. The first-order chi connectivity index (χ1) is 9.94. The average molecular weight is 307 g/mol. The summed E-state index contributed by atoms with van der Waals surface area (Å²) >= 11 is 0. The fourth-order valence-electron chi connectivity index (χ4n) is 2.43. The molecule has 0 spiro atoms. The Bertz CT molecular complexity index is 620. The number of hydrogen-bond acceptors (Lipinski definition) is 3. The lowest BCUT2D eigenvalue weighted by molar-refractivity contribution is -0.117. The molecule has 2 rings (SSSR count). The molecule has 1 fully saturated rings. The average Bonchev–Trinajstić information content (AvgIpc) is 2.76. The van der Waals surface area contributed by atoms with Crippen LogP contribution in [0, 0.1) is 0 Å². The zero-order valence-corrected chi connectivity index (χ0v) is 13.0. The van der Waals surface area contributed by atoms with Crippen molar-refractivity contribution in [1.82, 2.24) is 5.32 Å². The quantitative estimate of drug-likeness (QED) is 0.845. The van der Waals surface area contributed by atoms with E-state index in [1.54, 1.807) is 6.08 Å². The Hall–Kier alpha value is -1.62. The zero-order chi connectivity index (χ0) is 15.3. The minimum Gasteiger partial charge on any atom is -0.349 e. The standard InChI is InChI=1S/C16H21NO3S/c1-13(7-8-14-5-3-2-4-6-14)11-16(18)17-15-9-10-21(19,20)12-15/h2-6,11,15H,7-10,12H2,1H3,(H,17,18). The minimum absolute atomic E-state index is 0.0651. The SMILES string of the molecule is CC(=CC(=O)NC1CCS(=O)(=O)C1)CCc1ccccc1. The molecule has 1 N–H and O–H groups in total. The Morgan fingerprint density at radius 1 is 1.33 bits per heavy atom. The van der Waals surface area contributed by atoms with Gasteiger partial charge in [0.25, 0.3) is 0 Å². The number of aryl methyl sites for hydroxylation is 1. The lowest BCUT2D eigenvalue weighted by atomic mass is 10.1. The van der Waals surface area contributed by atoms with Crippen molar-refractivity contribution in [3.05, 3.63) is 47.5 Å². The predicted octanol–water partition coefficient (Wildman–Crippen LogP) is 1.87. The smallest absolute Gasteiger partial charge is 0.244 e. The van der Waals surface area contributed by atoms with Crippen molar-refractivity contribution in [1.29, 1.82) is 0 Å². The number of rotatable bonds is 5. The molecule has 1 unspecified atom stereocenters. The first-order valence-electron chi connectivity index (χ1n) is 7.17. The van der Waals surface area contributed by atoms with Gasteiger partial charge in [0.15, 0.2) is 9.84 Å². The molecule has 0 radical (unpaired) electrons. The van der Waals surface area contributed by atoms with E-state index in [4.69, 9.17) is 0 Å². The van der Waals surface area contributed by atoms with Gasteiger partial charge in [-0.15, -0.1) is 0 Å². The summed E-state index contributed by atoms with van der Waals surface area (Å²) in [5.74, 6) is 0.0484. The zero-order valence-electron chi connectivity index (χ0n) is 12.2. The van der Waals surface area contributed by atoms with E-state index in [0.29, 0.717) is 6.42 Å². The van der Waals surface area contributed by atoms with E-state index in [9.17, 15) is 13.2 Å². The molecule has 1 atom stereocenters. The summed E-state index contributed by atoms with van der Waals surface area (Å²) in [7, 11) is -2.95. The highest BCUT2D eigenvalue weighted by atomic mass is 32.2. The molecule has 0 aromatic heterocycles. The molecule has 4 nitrogen and oxygen atoms in total. The number of allylic oxidation sites excluding steroid dienone is 1. The maximum absolute atomic E-state index is 11.8. The largest absolute Gasteiger partial charge is 0.349 e. The van der Waals surface area contributed by atoms with E-state index in [1.165, 1.54) is 5.56 Å². The molecule has 1 aromatic carbocycles. The molecule has 0 saturated carbocycles. The third-order valence-electron chi connectivity index (χ3n) is 3.61. The van der Waals surface area contributed by atoms with Crippen molar-refractivity contribution in [3.8, 4) is 0 Å². The molecule has 1 aromatic rings. The Morgan fingerprint density at radius 3 is 2.67 bits per heavy atom. The summed E-state index contributed by atoms with van der Waals surface area (Å²) in [4.78, 5) is 11.8. The number of hydrogen-bond donors (Lipinski definition) is 1. The second kappa shape index (κ2) is 6.89. The second-order valence-electron chi connectivity index (χ2n) is 5.58. The summed E-state index contributed by atoms with van der Waals surface area (Å²) in [6.07, 6.45) is 3.81. The number of nitrogens with one attached hydrogen (secondary N) is 1. The Labute approximate surface area is 126 Å². The van der Waals surface area contributed by atoms with Gasteiger partial charge in [0, 0.05) is 12.1 Å². The molecule has 114 valence electrons. The van der Waals surface area contributed by atoms with Gasteiger partial charge in [-0.05, 0) is 31.7 Å². The summed E-state index contributed by atoms with van der Waals surface area (Å²) in [5.41, 5.74) is 2.24. The van der Waals surface area contributed by atoms with Crippen LogP contribution in [0.1, 0.15) is 25.3 Å². The number of amides is 1. The van der Waals surface area contributed by atoms with Crippen molar-refractivity contribution >= 4 is 15.7 Å². The van der Waals surface area contributed by atoms with Crippen LogP contribution in [0.15, 0.2) is 42.0 Å². The number of carbonyl (C=O) groups is 1. The van der Waals surface area contributed by atoms with Crippen LogP contribution in [0.4, 0.5) is 0 Å². The Kier molecular flexibility index (Phi) is 5.17. The van der Waals surface area contributed by atoms with Gasteiger partial charge < -0.3 is 5.32 Å². The monoisotopic (exact) mass is 307 g/mol. The van der Waals surface area contributed by atoms with Crippen LogP contribution < -0.4 is 5.32 Å². The molecule has 5 heteroatoms. The van der Waals surface area contributed by atoms with Crippen LogP contribution in [-0.2, 0) is 21.1 Å². The van der Waals surface area contributed by atoms with Gasteiger partial charge in [0.2, 0.25) is 5.91 Å². The van der Waals surface area contributed by atoms with Crippen molar-refractivity contribution < 1.29 is 13.2 Å². The molecule has 1 heterocycles. The van der Waals surface area contributed by atoms with Gasteiger partial charge >= 0.3 is 0 Å². The van der Waals surface area contributed by atoms with E-state index in [0.717, 1.165) is 18.4 Å². The fourth-order valence-corrected chi connectivity index (χ4v) is 4.11. The van der Waals surface area contributed by atoms with Gasteiger partial charge in [-0.1, -0.05) is 35.9 Å². The number of carbonyl (C=O) groups excluding carboxylic acids is 1. The maximum Gasteiger partial charge on any atom is 0.244 e. The van der Waals surface area contributed by atoms with Crippen molar-refractivity contribution in [2.45, 2.75) is 32.2 Å². The van der Waals surface area contributed by atoms with Crippen molar-refractivity contribution in [2.75, 3.05) is 11.5 Å². The highest BCUT2D eigenvalue weighted by Crippen LogP contribution is 2.12. The molecule has 0 bridgehead atoms. The van der Waals surface area contributed by atoms with Crippen molar-refractivity contribution in [2.24, 2.45) is 0 Å². The highest BCUT2D eigenvalue weighted by Gasteiger charge is 2.28. The van der Waals surface area contributed by atoms with Crippen LogP contribution in [0.5, 0.6) is 0 Å². The fraction of sp³-hybridized carbons (Fsp3) is 0.438. The summed E-state index contributed by atoms with van der Waals surface area (Å²) in [6, 6.07) is 9.88. The van der Waals surface area contributed by atoms with Crippen LogP contribution in [0.2, 0.25) is 0 Å². The molecule has 0 aliphatic carbocycles. The van der Waals surface area contributed by atoms with Gasteiger partial charge in [-0.2, -0.15) is 0 Å². The lowest BCUT2D eigenvalue weighted by Gasteiger charge is -2.09. The highest BCUT2D eigenvalue weighted by molar-refractivity contribution is 7.91. The van der Waals surface area contributed by atoms with Crippen molar-refractivity contribution in [3.63, 3.8) is 0 Å². The predicted molar refractivity (Wildman–Crippen MR) is 83.7 cm³/mol. The Balaban J connectivity index is 1.80. The van der Waals surface area contributed by atoms with Crippen LogP contribution in [0.25, 0.3) is 0 Å². The first kappa shape index (κ1) is 15.8. The van der Waals surface area contributed by atoms with Gasteiger partial charge in [0.1, 0.15) is 0 Å². The van der Waals surface area contributed by atoms with E-state index < -0.39 is 9.84 Å². The van der Waals surface area contributed by atoms with Crippen LogP contribution >= 0.6 is 0 Å². The number of sulfone groups is 1. The van der Waals surface area contributed by atoms with Gasteiger partial charge in [-0.25, -0.2) is 8.42 Å². The van der Waals surface area contributed by atoms with E-state index in [1.807, 2.05) is 25.1 Å². The third kappa shape index (κ3) is 5.34. The van der Waals surface area contributed by atoms with Gasteiger partial charge in [-0.3, -0.25) is 4.79 Å². The van der Waals surface area contributed by atoms with Crippen LogP contribution in [0.3, 0.4) is 0 Å². The third-order valence-corrected chi connectivity index (χ3v) is 5.38. The topological polar surface area (TPSA) is 63.2 Å². The molecule has 21 heavy (non-hydrogen) atoms. The van der Waals surface area contributed by atoms with E-state index >= 15 is 0 Å². The normalized spacial score (nSPS) is 21.2. The minimum atomic E-state index is -2.95. The molecule has 1 amide bonds.